The highest BCUT2D eigenvalue weighted by atomic mass is 16.3. The first kappa shape index (κ1) is 15.3. The van der Waals surface area contributed by atoms with Crippen molar-refractivity contribution in [1.29, 1.82) is 0 Å². The topological polar surface area (TPSA) is 58.4 Å². The average Bonchev–Trinajstić information content (AvgIpc) is 3.13. The Morgan fingerprint density at radius 3 is 2.96 bits per heavy atom. The Balaban J connectivity index is 1.40. The van der Waals surface area contributed by atoms with Gasteiger partial charge in [0.2, 0.25) is 5.91 Å². The van der Waals surface area contributed by atoms with Crippen LogP contribution in [0.2, 0.25) is 0 Å². The molecule has 0 spiro atoms. The van der Waals surface area contributed by atoms with Gasteiger partial charge in [-0.05, 0) is 43.0 Å². The lowest BCUT2D eigenvalue weighted by Gasteiger charge is -2.33. The van der Waals surface area contributed by atoms with Crippen LogP contribution < -0.4 is 10.2 Å². The zero-order valence-corrected chi connectivity index (χ0v) is 13.0. The van der Waals surface area contributed by atoms with Crippen molar-refractivity contribution >= 4 is 17.7 Å². The first-order chi connectivity index (χ1) is 11.3. The Labute approximate surface area is 136 Å². The Morgan fingerprint density at radius 1 is 1.39 bits per heavy atom. The maximum atomic E-state index is 11.8. The van der Waals surface area contributed by atoms with Gasteiger partial charge in [0.15, 0.2) is 0 Å². The van der Waals surface area contributed by atoms with Crippen molar-refractivity contribution in [2.24, 2.45) is 5.92 Å². The summed E-state index contributed by atoms with van der Waals surface area (Å²) in [5, 5.41) is 2.98. The van der Waals surface area contributed by atoms with Crippen LogP contribution in [0.25, 0.3) is 6.08 Å². The van der Waals surface area contributed by atoms with Crippen molar-refractivity contribution in [3.63, 3.8) is 0 Å². The highest BCUT2D eigenvalue weighted by Crippen LogP contribution is 2.21. The van der Waals surface area contributed by atoms with Crippen LogP contribution >= 0.6 is 0 Å². The molecule has 3 heterocycles. The van der Waals surface area contributed by atoms with Crippen LogP contribution in [0.15, 0.2) is 53.6 Å². The number of nitrogens with one attached hydrogen (secondary N) is 1. The van der Waals surface area contributed by atoms with E-state index in [1.165, 1.54) is 5.69 Å². The second kappa shape index (κ2) is 7.63. The van der Waals surface area contributed by atoms with Crippen LogP contribution in [0, 0.1) is 5.92 Å². The quantitative estimate of drug-likeness (QED) is 0.863. The van der Waals surface area contributed by atoms with E-state index in [1.807, 2.05) is 18.3 Å². The molecule has 0 atom stereocenters. The van der Waals surface area contributed by atoms with Gasteiger partial charge in [-0.15, -0.1) is 0 Å². The molecule has 120 valence electrons. The second-order valence-corrected chi connectivity index (χ2v) is 5.78. The number of rotatable bonds is 5. The molecule has 1 aliphatic rings. The van der Waals surface area contributed by atoms with E-state index in [4.69, 9.17) is 4.42 Å². The zero-order valence-electron chi connectivity index (χ0n) is 13.0. The molecular weight excluding hydrogens is 290 g/mol. The molecule has 0 saturated carbocycles. The summed E-state index contributed by atoms with van der Waals surface area (Å²) in [4.78, 5) is 18.3. The minimum atomic E-state index is -0.0547. The van der Waals surface area contributed by atoms with E-state index in [9.17, 15) is 4.79 Å². The Kier molecular flexibility index (Phi) is 5.09. The molecule has 0 radical (unpaired) electrons. The van der Waals surface area contributed by atoms with Gasteiger partial charge in [-0.2, -0.15) is 0 Å². The molecule has 2 aromatic heterocycles. The Morgan fingerprint density at radius 2 is 2.26 bits per heavy atom. The first-order valence-electron chi connectivity index (χ1n) is 7.94. The number of piperidine rings is 1. The normalized spacial score (nSPS) is 15.9. The van der Waals surface area contributed by atoms with E-state index in [0.717, 1.165) is 38.0 Å². The summed E-state index contributed by atoms with van der Waals surface area (Å²) in [6.45, 7) is 2.75. The molecule has 0 aliphatic carbocycles. The van der Waals surface area contributed by atoms with Gasteiger partial charge in [-0.25, -0.2) is 0 Å². The summed E-state index contributed by atoms with van der Waals surface area (Å²) in [7, 11) is 0. The number of hydrogen-bond donors (Lipinski definition) is 1. The number of amides is 1. The van der Waals surface area contributed by atoms with Gasteiger partial charge in [0, 0.05) is 37.5 Å². The summed E-state index contributed by atoms with van der Waals surface area (Å²) in [6, 6.07) is 5.88. The summed E-state index contributed by atoms with van der Waals surface area (Å²) >= 11 is 0. The third-order valence-electron chi connectivity index (χ3n) is 4.16. The van der Waals surface area contributed by atoms with Crippen LogP contribution in [-0.2, 0) is 4.79 Å². The van der Waals surface area contributed by atoms with Crippen molar-refractivity contribution in [2.75, 3.05) is 24.5 Å². The SMILES string of the molecule is O=C(C=Cc1ccoc1)NCC1CCN(c2cccnc2)CC1. The third kappa shape index (κ3) is 4.45. The third-order valence-corrected chi connectivity index (χ3v) is 4.16. The maximum absolute atomic E-state index is 11.8. The van der Waals surface area contributed by atoms with Gasteiger partial charge in [-0.1, -0.05) is 0 Å². The number of carbonyl (C=O) groups excluding carboxylic acids is 1. The number of anilines is 1. The van der Waals surface area contributed by atoms with Crippen LogP contribution in [-0.4, -0.2) is 30.5 Å². The van der Waals surface area contributed by atoms with E-state index >= 15 is 0 Å². The van der Waals surface area contributed by atoms with Gasteiger partial charge in [0.25, 0.3) is 0 Å². The van der Waals surface area contributed by atoms with Gasteiger partial charge in [0.1, 0.15) is 0 Å². The number of furan rings is 1. The number of nitrogens with zero attached hydrogens (tertiary/aromatic N) is 2. The second-order valence-electron chi connectivity index (χ2n) is 5.78. The standard InChI is InChI=1S/C18H21N3O2/c22-18(4-3-16-7-11-23-14-16)20-12-15-5-9-21(10-6-15)17-2-1-8-19-13-17/h1-4,7-8,11,13-15H,5-6,9-10,12H2,(H,20,22). The van der Waals surface area contributed by atoms with Crippen molar-refractivity contribution < 1.29 is 9.21 Å². The fourth-order valence-electron chi connectivity index (χ4n) is 2.78. The monoisotopic (exact) mass is 311 g/mol. The van der Waals surface area contributed by atoms with Gasteiger partial charge in [0.05, 0.1) is 24.4 Å². The van der Waals surface area contributed by atoms with Gasteiger partial charge in [-0.3, -0.25) is 9.78 Å². The largest absolute Gasteiger partial charge is 0.472 e. The molecule has 1 saturated heterocycles. The van der Waals surface area contributed by atoms with Crippen LogP contribution in [0.1, 0.15) is 18.4 Å². The average molecular weight is 311 g/mol. The van der Waals surface area contributed by atoms with E-state index in [0.29, 0.717) is 5.92 Å². The predicted octanol–water partition coefficient (Wildman–Crippen LogP) is 2.72. The first-order valence-corrected chi connectivity index (χ1v) is 7.94. The predicted molar refractivity (Wildman–Crippen MR) is 89.9 cm³/mol. The molecule has 1 amide bonds. The molecule has 5 heteroatoms. The summed E-state index contributed by atoms with van der Waals surface area (Å²) in [5.74, 6) is 0.482. The number of aromatic nitrogens is 1. The minimum absolute atomic E-state index is 0.0547. The fraction of sp³-hybridized carbons (Fsp3) is 0.333. The van der Waals surface area contributed by atoms with Crippen molar-refractivity contribution in [2.45, 2.75) is 12.8 Å². The van der Waals surface area contributed by atoms with Crippen molar-refractivity contribution in [3.05, 3.63) is 54.8 Å². The van der Waals surface area contributed by atoms with E-state index in [2.05, 4.69) is 21.3 Å². The summed E-state index contributed by atoms with van der Waals surface area (Å²) in [6.07, 6.45) is 12.4. The van der Waals surface area contributed by atoms with Crippen LogP contribution in [0.5, 0.6) is 0 Å². The summed E-state index contributed by atoms with van der Waals surface area (Å²) < 4.78 is 4.96. The number of pyridine rings is 1. The zero-order chi connectivity index (χ0) is 15.9. The molecule has 0 bridgehead atoms. The van der Waals surface area contributed by atoms with Crippen molar-refractivity contribution in [3.8, 4) is 0 Å². The Hall–Kier alpha value is -2.56. The lowest BCUT2D eigenvalue weighted by molar-refractivity contribution is -0.116. The van der Waals surface area contributed by atoms with Crippen LogP contribution in [0.3, 0.4) is 0 Å². The fourth-order valence-corrected chi connectivity index (χ4v) is 2.78. The lowest BCUT2D eigenvalue weighted by atomic mass is 9.96. The van der Waals surface area contributed by atoms with Crippen LogP contribution in [0.4, 0.5) is 5.69 Å². The molecule has 0 aromatic carbocycles. The van der Waals surface area contributed by atoms with E-state index in [-0.39, 0.29) is 5.91 Å². The molecule has 0 unspecified atom stereocenters. The van der Waals surface area contributed by atoms with E-state index in [1.54, 1.807) is 30.9 Å². The van der Waals surface area contributed by atoms with Gasteiger partial charge < -0.3 is 14.6 Å². The highest BCUT2D eigenvalue weighted by molar-refractivity contribution is 5.91. The molecule has 1 aliphatic heterocycles. The van der Waals surface area contributed by atoms with E-state index < -0.39 is 0 Å². The molecule has 1 N–H and O–H groups in total. The minimum Gasteiger partial charge on any atom is -0.472 e. The molecule has 2 aromatic rings. The van der Waals surface area contributed by atoms with Gasteiger partial charge >= 0.3 is 0 Å². The summed E-state index contributed by atoms with van der Waals surface area (Å²) in [5.41, 5.74) is 2.07. The lowest BCUT2D eigenvalue weighted by Crippen LogP contribution is -2.38. The van der Waals surface area contributed by atoms with Crippen molar-refractivity contribution in [1.82, 2.24) is 10.3 Å². The number of carbonyl (C=O) groups is 1. The number of hydrogen-bond acceptors (Lipinski definition) is 4. The highest BCUT2D eigenvalue weighted by Gasteiger charge is 2.19. The Bertz CT molecular complexity index is 630. The molecule has 3 rings (SSSR count). The maximum Gasteiger partial charge on any atom is 0.244 e. The molecule has 23 heavy (non-hydrogen) atoms. The molecule has 1 fully saturated rings. The smallest absolute Gasteiger partial charge is 0.244 e. The molecule has 5 nitrogen and oxygen atoms in total. The molecular formula is C18H21N3O2.